The minimum Gasteiger partial charge on any atom is -0.419 e. The molecule has 1 heterocycles. The lowest BCUT2D eigenvalue weighted by atomic mass is 10.2. The second-order valence-electron chi connectivity index (χ2n) is 4.45. The summed E-state index contributed by atoms with van der Waals surface area (Å²) in [5.41, 5.74) is 0.889. The number of hydrogen-bond acceptors (Lipinski definition) is 5. The molecule has 1 aromatic carbocycles. The Bertz CT molecular complexity index is 527. The van der Waals surface area contributed by atoms with Crippen LogP contribution in [0.1, 0.15) is 12.8 Å². The number of aliphatic hydroxyl groups excluding tert-OH is 1. The lowest BCUT2D eigenvalue weighted by Crippen LogP contribution is -2.31. The molecule has 0 amide bonds. The summed E-state index contributed by atoms with van der Waals surface area (Å²) < 4.78 is 6.62. The van der Waals surface area contributed by atoms with Gasteiger partial charge in [-0.2, -0.15) is 0 Å². The monoisotopic (exact) mass is 325 g/mol. The summed E-state index contributed by atoms with van der Waals surface area (Å²) in [4.78, 5) is 1.96. The number of aromatic nitrogens is 2. The first-order chi connectivity index (χ1) is 9.10. The van der Waals surface area contributed by atoms with E-state index in [1.165, 1.54) is 0 Å². The van der Waals surface area contributed by atoms with Crippen LogP contribution >= 0.6 is 15.9 Å². The van der Waals surface area contributed by atoms with Crippen LogP contribution in [-0.4, -0.2) is 39.9 Å². The Labute approximate surface area is 120 Å². The minimum atomic E-state index is 0.0584. The molecule has 6 heteroatoms. The maximum atomic E-state index is 9.08. The predicted molar refractivity (Wildman–Crippen MR) is 75.4 cm³/mol. The van der Waals surface area contributed by atoms with Crippen molar-refractivity contribution in [2.75, 3.05) is 13.7 Å². The number of likely N-dealkylation sites (N-methyl/N-ethyl adjacent to an activating group) is 1. The van der Waals surface area contributed by atoms with Gasteiger partial charge in [0.25, 0.3) is 0 Å². The van der Waals surface area contributed by atoms with Crippen LogP contribution in [0.15, 0.2) is 33.2 Å². The smallest absolute Gasteiger partial charge is 0.247 e. The maximum Gasteiger partial charge on any atom is 0.247 e. The minimum absolute atomic E-state index is 0.0584. The molecular weight excluding hydrogens is 310 g/mol. The van der Waals surface area contributed by atoms with Gasteiger partial charge in [0.15, 0.2) is 0 Å². The van der Waals surface area contributed by atoms with E-state index in [1.807, 2.05) is 43.1 Å². The van der Waals surface area contributed by atoms with E-state index in [9.17, 15) is 0 Å². The van der Waals surface area contributed by atoms with Crippen molar-refractivity contribution < 1.29 is 9.52 Å². The van der Waals surface area contributed by atoms with Gasteiger partial charge in [-0.15, -0.1) is 10.2 Å². The van der Waals surface area contributed by atoms with Crippen LogP contribution in [0.25, 0.3) is 11.5 Å². The van der Waals surface area contributed by atoms with Crippen molar-refractivity contribution in [2.45, 2.75) is 19.5 Å². The van der Waals surface area contributed by atoms with Crippen LogP contribution in [0.3, 0.4) is 0 Å². The van der Waals surface area contributed by atoms with E-state index < -0.39 is 0 Å². The van der Waals surface area contributed by atoms with E-state index in [0.717, 1.165) is 10.0 Å². The van der Waals surface area contributed by atoms with Crippen LogP contribution < -0.4 is 0 Å². The zero-order chi connectivity index (χ0) is 13.8. The van der Waals surface area contributed by atoms with Gasteiger partial charge in [0.05, 0.1) is 13.2 Å². The fourth-order valence-electron chi connectivity index (χ4n) is 1.54. The van der Waals surface area contributed by atoms with Crippen LogP contribution in [-0.2, 0) is 6.54 Å². The van der Waals surface area contributed by atoms with E-state index in [1.54, 1.807) is 0 Å². The van der Waals surface area contributed by atoms with Crippen molar-refractivity contribution in [3.8, 4) is 11.5 Å². The van der Waals surface area contributed by atoms with Crippen molar-refractivity contribution in [2.24, 2.45) is 0 Å². The molecule has 0 fully saturated rings. The SMILES string of the molecule is CC(CO)N(C)Cc1nnc(-c2ccc(Br)cc2)o1. The largest absolute Gasteiger partial charge is 0.419 e. The molecule has 0 bridgehead atoms. The normalized spacial score (nSPS) is 12.9. The molecule has 0 saturated carbocycles. The van der Waals surface area contributed by atoms with E-state index in [4.69, 9.17) is 9.52 Å². The Morgan fingerprint density at radius 2 is 2.00 bits per heavy atom. The molecule has 1 unspecified atom stereocenters. The summed E-state index contributed by atoms with van der Waals surface area (Å²) in [7, 11) is 1.91. The van der Waals surface area contributed by atoms with Gasteiger partial charge in [-0.25, -0.2) is 0 Å². The van der Waals surface area contributed by atoms with Crippen molar-refractivity contribution in [3.63, 3.8) is 0 Å². The third-order valence-corrected chi connectivity index (χ3v) is 3.49. The molecule has 2 aromatic rings. The van der Waals surface area contributed by atoms with Gasteiger partial charge < -0.3 is 9.52 Å². The van der Waals surface area contributed by atoms with Crippen LogP contribution in [0.2, 0.25) is 0 Å². The number of benzene rings is 1. The number of halogens is 1. The van der Waals surface area contributed by atoms with Gasteiger partial charge in [-0.05, 0) is 38.2 Å². The predicted octanol–water partition coefficient (Wildman–Crippen LogP) is 2.31. The Balaban J connectivity index is 2.09. The first kappa shape index (κ1) is 14.2. The first-order valence-corrected chi connectivity index (χ1v) is 6.79. The number of aliphatic hydroxyl groups is 1. The van der Waals surface area contributed by atoms with E-state index >= 15 is 0 Å². The molecule has 1 N–H and O–H groups in total. The highest BCUT2D eigenvalue weighted by Gasteiger charge is 2.13. The zero-order valence-corrected chi connectivity index (χ0v) is 12.5. The lowest BCUT2D eigenvalue weighted by molar-refractivity contribution is 0.145. The van der Waals surface area contributed by atoms with Crippen molar-refractivity contribution in [3.05, 3.63) is 34.6 Å². The average Bonchev–Trinajstić information content (AvgIpc) is 2.87. The number of nitrogens with zero attached hydrogens (tertiary/aromatic N) is 3. The number of hydrogen-bond donors (Lipinski definition) is 1. The average molecular weight is 326 g/mol. The van der Waals surface area contributed by atoms with Crippen LogP contribution in [0.4, 0.5) is 0 Å². The molecule has 1 aromatic heterocycles. The molecule has 19 heavy (non-hydrogen) atoms. The van der Waals surface area contributed by atoms with Gasteiger partial charge in [-0.3, -0.25) is 4.90 Å². The first-order valence-electron chi connectivity index (χ1n) is 5.99. The topological polar surface area (TPSA) is 62.4 Å². The third-order valence-electron chi connectivity index (χ3n) is 2.96. The summed E-state index contributed by atoms with van der Waals surface area (Å²) in [6.07, 6.45) is 0. The van der Waals surface area contributed by atoms with Crippen LogP contribution in [0.5, 0.6) is 0 Å². The zero-order valence-electron chi connectivity index (χ0n) is 10.9. The lowest BCUT2D eigenvalue weighted by Gasteiger charge is -2.20. The highest BCUT2D eigenvalue weighted by molar-refractivity contribution is 9.10. The Hall–Kier alpha value is -1.24. The highest BCUT2D eigenvalue weighted by atomic mass is 79.9. The van der Waals surface area contributed by atoms with E-state index in [-0.39, 0.29) is 12.6 Å². The second-order valence-corrected chi connectivity index (χ2v) is 5.37. The van der Waals surface area contributed by atoms with Crippen molar-refractivity contribution in [1.29, 1.82) is 0 Å². The molecule has 0 aliphatic carbocycles. The Morgan fingerprint density at radius 1 is 1.32 bits per heavy atom. The number of rotatable bonds is 5. The molecule has 0 aliphatic rings. The Kier molecular flexibility index (Phi) is 4.68. The molecule has 0 spiro atoms. The summed E-state index contributed by atoms with van der Waals surface area (Å²) in [6, 6.07) is 7.75. The molecule has 0 aliphatic heterocycles. The van der Waals surface area contributed by atoms with Gasteiger partial charge in [0, 0.05) is 16.1 Å². The van der Waals surface area contributed by atoms with Crippen LogP contribution in [0, 0.1) is 0 Å². The molecule has 5 nitrogen and oxygen atoms in total. The standard InChI is InChI=1S/C13H16BrN3O2/c1-9(8-18)17(2)7-12-15-16-13(19-12)10-3-5-11(14)6-4-10/h3-6,9,18H,7-8H2,1-2H3. The van der Waals surface area contributed by atoms with E-state index in [0.29, 0.717) is 18.3 Å². The molecule has 1 atom stereocenters. The highest BCUT2D eigenvalue weighted by Crippen LogP contribution is 2.20. The third kappa shape index (κ3) is 3.62. The molecule has 102 valence electrons. The fraction of sp³-hybridized carbons (Fsp3) is 0.385. The summed E-state index contributed by atoms with van der Waals surface area (Å²) in [5.74, 6) is 1.05. The summed E-state index contributed by atoms with van der Waals surface area (Å²) in [6.45, 7) is 2.56. The molecule has 0 radical (unpaired) electrons. The molecular formula is C13H16BrN3O2. The van der Waals surface area contributed by atoms with Crippen molar-refractivity contribution in [1.82, 2.24) is 15.1 Å². The molecule has 0 saturated heterocycles. The summed E-state index contributed by atoms with van der Waals surface area (Å²) >= 11 is 3.38. The maximum absolute atomic E-state index is 9.08. The van der Waals surface area contributed by atoms with Gasteiger partial charge in [0.1, 0.15) is 0 Å². The van der Waals surface area contributed by atoms with E-state index in [2.05, 4.69) is 26.1 Å². The summed E-state index contributed by atoms with van der Waals surface area (Å²) in [5, 5.41) is 17.1. The van der Waals surface area contributed by atoms with Gasteiger partial charge in [-0.1, -0.05) is 15.9 Å². The Morgan fingerprint density at radius 3 is 2.63 bits per heavy atom. The fourth-order valence-corrected chi connectivity index (χ4v) is 1.80. The van der Waals surface area contributed by atoms with Gasteiger partial charge >= 0.3 is 0 Å². The van der Waals surface area contributed by atoms with Crippen molar-refractivity contribution >= 4 is 15.9 Å². The second kappa shape index (κ2) is 6.27. The van der Waals surface area contributed by atoms with Gasteiger partial charge in [0.2, 0.25) is 11.8 Å². The quantitative estimate of drug-likeness (QED) is 0.914. The molecule has 2 rings (SSSR count).